The van der Waals surface area contributed by atoms with E-state index < -0.39 is 10.0 Å². The van der Waals surface area contributed by atoms with E-state index in [0.717, 1.165) is 11.1 Å². The fraction of sp³-hybridized carbons (Fsp3) is 0.278. The van der Waals surface area contributed by atoms with Crippen LogP contribution in [0.4, 0.5) is 0 Å². The number of hydrogen-bond acceptors (Lipinski definition) is 4. The number of fused-ring (bicyclic) bond motifs is 1. The number of hydrogen-bond donors (Lipinski definition) is 1. The van der Waals surface area contributed by atoms with E-state index in [1.54, 1.807) is 18.5 Å². The number of sulfonamides is 1. The van der Waals surface area contributed by atoms with Gasteiger partial charge in [-0.25, -0.2) is 13.1 Å². The molecule has 5 nitrogen and oxygen atoms in total. The van der Waals surface area contributed by atoms with Gasteiger partial charge >= 0.3 is 0 Å². The molecule has 1 aromatic carbocycles. The van der Waals surface area contributed by atoms with Crippen LogP contribution in [0.5, 0.6) is 5.75 Å². The first-order chi connectivity index (χ1) is 11.4. The number of para-hydroxylation sites is 1. The SMILES string of the molecule is CC(C)(CNS(=O)(=O)C1=Cc2ccccc2OC1)c1ccncc1. The third kappa shape index (κ3) is 3.49. The van der Waals surface area contributed by atoms with E-state index in [-0.39, 0.29) is 16.9 Å². The van der Waals surface area contributed by atoms with Crippen LogP contribution in [0.1, 0.15) is 25.0 Å². The molecule has 0 unspecified atom stereocenters. The van der Waals surface area contributed by atoms with Gasteiger partial charge in [0.05, 0.1) is 4.91 Å². The first-order valence-electron chi connectivity index (χ1n) is 7.71. The number of nitrogens with zero attached hydrogens (tertiary/aromatic N) is 1. The summed E-state index contributed by atoms with van der Waals surface area (Å²) in [6.07, 6.45) is 5.08. The minimum Gasteiger partial charge on any atom is -0.487 e. The average Bonchev–Trinajstić information content (AvgIpc) is 2.60. The molecule has 1 N–H and O–H groups in total. The Labute approximate surface area is 142 Å². The molecule has 126 valence electrons. The van der Waals surface area contributed by atoms with E-state index in [9.17, 15) is 8.42 Å². The number of nitrogens with one attached hydrogen (secondary N) is 1. The maximum absolute atomic E-state index is 12.6. The van der Waals surface area contributed by atoms with Crippen molar-refractivity contribution in [3.63, 3.8) is 0 Å². The molecule has 0 aliphatic carbocycles. The predicted octanol–water partition coefficient (Wildman–Crippen LogP) is 2.71. The van der Waals surface area contributed by atoms with Gasteiger partial charge in [0.15, 0.2) is 0 Å². The lowest BCUT2D eigenvalue weighted by Gasteiger charge is -2.26. The van der Waals surface area contributed by atoms with Gasteiger partial charge in [0.25, 0.3) is 0 Å². The van der Waals surface area contributed by atoms with Gasteiger partial charge in [0.1, 0.15) is 12.4 Å². The molecule has 3 rings (SSSR count). The summed E-state index contributed by atoms with van der Waals surface area (Å²) in [6, 6.07) is 11.2. The lowest BCUT2D eigenvalue weighted by Crippen LogP contribution is -2.38. The van der Waals surface area contributed by atoms with Crippen molar-refractivity contribution in [3.05, 3.63) is 64.8 Å². The largest absolute Gasteiger partial charge is 0.487 e. The Kier molecular flexibility index (Phi) is 4.43. The van der Waals surface area contributed by atoms with Gasteiger partial charge in [0, 0.05) is 29.9 Å². The van der Waals surface area contributed by atoms with Crippen LogP contribution in [0.15, 0.2) is 53.7 Å². The van der Waals surface area contributed by atoms with Gasteiger partial charge in [-0.3, -0.25) is 4.98 Å². The van der Waals surface area contributed by atoms with E-state index in [1.165, 1.54) is 0 Å². The van der Waals surface area contributed by atoms with E-state index >= 15 is 0 Å². The first-order valence-corrected chi connectivity index (χ1v) is 9.19. The number of pyridine rings is 1. The quantitative estimate of drug-likeness (QED) is 0.905. The van der Waals surface area contributed by atoms with E-state index in [2.05, 4.69) is 9.71 Å². The minimum absolute atomic E-state index is 0.0437. The van der Waals surface area contributed by atoms with E-state index in [1.807, 2.05) is 50.2 Å². The zero-order valence-corrected chi connectivity index (χ0v) is 14.5. The highest BCUT2D eigenvalue weighted by molar-refractivity contribution is 7.93. The summed E-state index contributed by atoms with van der Waals surface area (Å²) in [5.41, 5.74) is 1.46. The summed E-state index contributed by atoms with van der Waals surface area (Å²) in [5, 5.41) is 0. The monoisotopic (exact) mass is 344 g/mol. The molecule has 0 radical (unpaired) electrons. The normalized spacial score (nSPS) is 14.5. The van der Waals surface area contributed by atoms with Crippen LogP contribution in [-0.2, 0) is 15.4 Å². The zero-order valence-electron chi connectivity index (χ0n) is 13.7. The summed E-state index contributed by atoms with van der Waals surface area (Å²) >= 11 is 0. The third-order valence-electron chi connectivity index (χ3n) is 4.12. The van der Waals surface area contributed by atoms with Gasteiger partial charge in [-0.05, 0) is 29.8 Å². The molecule has 1 aromatic heterocycles. The highest BCUT2D eigenvalue weighted by Gasteiger charge is 2.27. The molecule has 0 bridgehead atoms. The number of ether oxygens (including phenoxy) is 1. The molecular formula is C18H20N2O3S. The van der Waals surface area contributed by atoms with Crippen LogP contribution in [0.3, 0.4) is 0 Å². The van der Waals surface area contributed by atoms with Crippen LogP contribution in [-0.4, -0.2) is 26.6 Å². The molecule has 2 aromatic rings. The Hall–Kier alpha value is -2.18. The maximum Gasteiger partial charge on any atom is 0.240 e. The number of aromatic nitrogens is 1. The average molecular weight is 344 g/mol. The summed E-state index contributed by atoms with van der Waals surface area (Å²) < 4.78 is 33.4. The fourth-order valence-electron chi connectivity index (χ4n) is 2.52. The second-order valence-electron chi connectivity index (χ2n) is 6.38. The van der Waals surface area contributed by atoms with Crippen molar-refractivity contribution >= 4 is 16.1 Å². The zero-order chi connectivity index (χ0) is 17.2. The van der Waals surface area contributed by atoms with Gasteiger partial charge in [-0.15, -0.1) is 0 Å². The summed E-state index contributed by atoms with van der Waals surface area (Å²) in [6.45, 7) is 4.32. The van der Waals surface area contributed by atoms with Crippen molar-refractivity contribution in [2.75, 3.05) is 13.2 Å². The molecule has 1 aliphatic heterocycles. The Morgan fingerprint density at radius 1 is 1.17 bits per heavy atom. The Morgan fingerprint density at radius 2 is 1.88 bits per heavy atom. The van der Waals surface area contributed by atoms with Crippen molar-refractivity contribution in [2.24, 2.45) is 0 Å². The van der Waals surface area contributed by atoms with E-state index in [0.29, 0.717) is 12.3 Å². The standard InChI is InChI=1S/C18H20N2O3S/c1-18(2,15-7-9-19-10-8-15)13-20-24(21,22)16-11-14-5-3-4-6-17(14)23-12-16/h3-11,20H,12-13H2,1-2H3. The Balaban J connectivity index is 1.77. The van der Waals surface area contributed by atoms with Crippen molar-refractivity contribution in [1.82, 2.24) is 9.71 Å². The van der Waals surface area contributed by atoms with E-state index in [4.69, 9.17) is 4.74 Å². The van der Waals surface area contributed by atoms with Crippen LogP contribution in [0.25, 0.3) is 6.08 Å². The highest BCUT2D eigenvalue weighted by atomic mass is 32.2. The molecule has 0 fully saturated rings. The topological polar surface area (TPSA) is 68.3 Å². The van der Waals surface area contributed by atoms with Crippen LogP contribution in [0.2, 0.25) is 0 Å². The molecule has 6 heteroatoms. The van der Waals surface area contributed by atoms with Gasteiger partial charge in [-0.1, -0.05) is 32.0 Å². The third-order valence-corrected chi connectivity index (χ3v) is 5.57. The Morgan fingerprint density at radius 3 is 2.62 bits per heavy atom. The number of benzene rings is 1. The van der Waals surface area contributed by atoms with Gasteiger partial charge < -0.3 is 4.74 Å². The van der Waals surface area contributed by atoms with Crippen LogP contribution < -0.4 is 9.46 Å². The van der Waals surface area contributed by atoms with Crippen molar-refractivity contribution in [2.45, 2.75) is 19.3 Å². The number of rotatable bonds is 5. The predicted molar refractivity (Wildman–Crippen MR) is 94.1 cm³/mol. The molecule has 0 amide bonds. The highest BCUT2D eigenvalue weighted by Crippen LogP contribution is 2.28. The first kappa shape index (κ1) is 16.7. The van der Waals surface area contributed by atoms with Gasteiger partial charge in [-0.2, -0.15) is 0 Å². The van der Waals surface area contributed by atoms with Crippen LogP contribution >= 0.6 is 0 Å². The summed E-state index contributed by atoms with van der Waals surface area (Å²) in [5.74, 6) is 0.702. The molecule has 1 aliphatic rings. The smallest absolute Gasteiger partial charge is 0.240 e. The lowest BCUT2D eigenvalue weighted by atomic mass is 9.86. The second-order valence-corrected chi connectivity index (χ2v) is 8.20. The fourth-order valence-corrected chi connectivity index (χ4v) is 3.76. The Bertz CT molecular complexity index is 859. The minimum atomic E-state index is -3.60. The van der Waals surface area contributed by atoms with Crippen molar-refractivity contribution in [1.29, 1.82) is 0 Å². The molecule has 0 saturated carbocycles. The second kappa shape index (κ2) is 6.37. The maximum atomic E-state index is 12.6. The van der Waals surface area contributed by atoms with Crippen molar-refractivity contribution in [3.8, 4) is 5.75 Å². The molecule has 0 saturated heterocycles. The molecule has 0 spiro atoms. The molecule has 24 heavy (non-hydrogen) atoms. The molecular weight excluding hydrogens is 324 g/mol. The molecule has 2 heterocycles. The molecule has 0 atom stereocenters. The summed E-state index contributed by atoms with van der Waals surface area (Å²) in [4.78, 5) is 4.24. The summed E-state index contributed by atoms with van der Waals surface area (Å²) in [7, 11) is -3.60. The van der Waals surface area contributed by atoms with Crippen molar-refractivity contribution < 1.29 is 13.2 Å². The van der Waals surface area contributed by atoms with Gasteiger partial charge in [0.2, 0.25) is 10.0 Å². The lowest BCUT2D eigenvalue weighted by molar-refractivity contribution is 0.353. The van der Waals surface area contributed by atoms with Crippen LogP contribution in [0, 0.1) is 0 Å².